The molecule has 0 saturated carbocycles. The number of ketones is 1. The number of nitrogens with one attached hydrogen (secondary N) is 1. The molecule has 1 unspecified atom stereocenters. The number of hydrogen-bond donors (Lipinski definition) is 2. The molecule has 0 bridgehead atoms. The first-order valence-corrected chi connectivity index (χ1v) is 8.43. The summed E-state index contributed by atoms with van der Waals surface area (Å²) < 4.78 is 3.24. The molecule has 1 amide bonds. The summed E-state index contributed by atoms with van der Waals surface area (Å²) in [6.45, 7) is 0. The first kappa shape index (κ1) is 16.6. The van der Waals surface area contributed by atoms with Gasteiger partial charge >= 0.3 is 0 Å². The number of nitrogen functional groups attached to an aromatic ring is 1. The van der Waals surface area contributed by atoms with Crippen molar-refractivity contribution in [1.82, 2.24) is 14.3 Å². The van der Waals surface area contributed by atoms with Crippen LogP contribution in [-0.2, 0) is 4.79 Å². The Morgan fingerprint density at radius 1 is 1.30 bits per heavy atom. The lowest BCUT2D eigenvalue weighted by Crippen LogP contribution is -2.31. The molecule has 1 atom stereocenters. The van der Waals surface area contributed by atoms with Crippen molar-refractivity contribution in [2.45, 2.75) is 18.9 Å². The minimum atomic E-state index is -0.406. The van der Waals surface area contributed by atoms with Gasteiger partial charge in [0.25, 0.3) is 0 Å². The molecule has 3 heterocycles. The molecule has 134 valence electrons. The molecule has 0 radical (unpaired) electrons. The highest BCUT2D eigenvalue weighted by molar-refractivity contribution is 6.00. The zero-order valence-electron chi connectivity index (χ0n) is 14.3. The van der Waals surface area contributed by atoms with Crippen LogP contribution < -0.4 is 11.1 Å². The highest BCUT2D eigenvalue weighted by Gasteiger charge is 2.29. The number of Topliss-reactive ketones (excluding diaryl/α,β-unsaturated/α-hetero) is 1. The van der Waals surface area contributed by atoms with E-state index in [2.05, 4.69) is 10.4 Å². The van der Waals surface area contributed by atoms with Crippen LogP contribution in [0.3, 0.4) is 0 Å². The topological polar surface area (TPSA) is 119 Å². The number of hydrogen-bond acceptors (Lipinski definition) is 5. The van der Waals surface area contributed by atoms with Crippen LogP contribution in [-0.4, -0.2) is 26.0 Å². The number of nitrogens with two attached hydrogens (primary N) is 1. The minimum Gasteiger partial charge on any atom is -0.381 e. The number of nitrogens with zero attached hydrogens (tertiary/aromatic N) is 4. The normalized spacial score (nSPS) is 15.8. The van der Waals surface area contributed by atoms with Gasteiger partial charge in [0.05, 0.1) is 17.6 Å². The Hall–Kier alpha value is -3.86. The first-order chi connectivity index (χ1) is 13.1. The summed E-state index contributed by atoms with van der Waals surface area (Å²) in [5.41, 5.74) is 7.90. The van der Waals surface area contributed by atoms with Crippen LogP contribution in [0.4, 0.5) is 11.5 Å². The molecule has 1 aliphatic rings. The quantitative estimate of drug-likeness (QED) is 0.743. The summed E-state index contributed by atoms with van der Waals surface area (Å²) in [6.07, 6.45) is 4.15. The number of fused-ring (bicyclic) bond motifs is 1. The lowest BCUT2D eigenvalue weighted by molar-refractivity contribution is -0.119. The van der Waals surface area contributed by atoms with Crippen molar-refractivity contribution in [2.75, 3.05) is 11.1 Å². The number of benzene rings is 1. The van der Waals surface area contributed by atoms with Crippen molar-refractivity contribution >= 4 is 23.2 Å². The van der Waals surface area contributed by atoms with Crippen molar-refractivity contribution < 1.29 is 9.59 Å². The molecule has 8 nitrogen and oxygen atoms in total. The van der Waals surface area contributed by atoms with Crippen molar-refractivity contribution in [3.63, 3.8) is 0 Å². The number of aromatic nitrogens is 3. The number of carbonyl (C=O) groups is 2. The predicted octanol–water partition coefficient (Wildman–Crippen LogP) is 2.28. The van der Waals surface area contributed by atoms with E-state index in [1.165, 1.54) is 4.68 Å². The molecule has 0 saturated heterocycles. The van der Waals surface area contributed by atoms with E-state index >= 15 is 0 Å². The molecule has 4 rings (SSSR count). The maximum atomic E-state index is 12.7. The maximum Gasteiger partial charge on any atom is 0.247 e. The Labute approximate surface area is 154 Å². The van der Waals surface area contributed by atoms with Gasteiger partial charge in [0.1, 0.15) is 17.7 Å². The fourth-order valence-corrected chi connectivity index (χ4v) is 3.22. The highest BCUT2D eigenvalue weighted by atomic mass is 16.2. The van der Waals surface area contributed by atoms with Gasteiger partial charge in [-0.05, 0) is 42.8 Å². The predicted molar refractivity (Wildman–Crippen MR) is 98.4 cm³/mol. The van der Waals surface area contributed by atoms with E-state index < -0.39 is 6.04 Å². The molecule has 0 spiro atoms. The second-order valence-electron chi connectivity index (χ2n) is 6.30. The summed E-state index contributed by atoms with van der Waals surface area (Å²) in [6, 6.07) is 12.1. The van der Waals surface area contributed by atoms with E-state index in [1.807, 2.05) is 6.07 Å². The molecule has 3 N–H and O–H groups in total. The van der Waals surface area contributed by atoms with Gasteiger partial charge in [-0.15, -0.1) is 5.10 Å². The maximum absolute atomic E-state index is 12.7. The minimum absolute atomic E-state index is 0.0589. The molecule has 27 heavy (non-hydrogen) atoms. The summed E-state index contributed by atoms with van der Waals surface area (Å²) in [4.78, 5) is 24.6. The van der Waals surface area contributed by atoms with Crippen LogP contribution in [0.5, 0.6) is 0 Å². The van der Waals surface area contributed by atoms with Crippen molar-refractivity contribution in [3.05, 3.63) is 60.0 Å². The van der Waals surface area contributed by atoms with Crippen molar-refractivity contribution in [1.29, 1.82) is 5.26 Å². The van der Waals surface area contributed by atoms with Gasteiger partial charge in [0.2, 0.25) is 5.91 Å². The van der Waals surface area contributed by atoms with Gasteiger partial charge in [-0.3, -0.25) is 9.59 Å². The summed E-state index contributed by atoms with van der Waals surface area (Å²) in [5.74, 6) is 0.0655. The Morgan fingerprint density at radius 2 is 2.07 bits per heavy atom. The zero-order valence-corrected chi connectivity index (χ0v) is 14.3. The van der Waals surface area contributed by atoms with Crippen LogP contribution in [0.25, 0.3) is 5.69 Å². The van der Waals surface area contributed by atoms with Crippen molar-refractivity contribution in [3.8, 4) is 11.8 Å². The average Bonchev–Trinajstić information content (AvgIpc) is 3.30. The van der Waals surface area contributed by atoms with Gasteiger partial charge in [0.15, 0.2) is 11.6 Å². The highest BCUT2D eigenvalue weighted by Crippen LogP contribution is 2.26. The molecule has 8 heteroatoms. The monoisotopic (exact) mass is 360 g/mol. The Bertz CT molecular complexity index is 1070. The zero-order chi connectivity index (χ0) is 19.0. The molecule has 1 aromatic carbocycles. The number of amides is 1. The van der Waals surface area contributed by atoms with Crippen LogP contribution in [0.2, 0.25) is 0 Å². The van der Waals surface area contributed by atoms with Gasteiger partial charge in [-0.1, -0.05) is 0 Å². The molecular weight excluding hydrogens is 344 g/mol. The fraction of sp³-hybridized carbons (Fsp3) is 0.158. The third-order valence-electron chi connectivity index (χ3n) is 4.61. The molecule has 3 aromatic rings. The largest absolute Gasteiger partial charge is 0.381 e. The summed E-state index contributed by atoms with van der Waals surface area (Å²) in [7, 11) is 0. The molecular formula is C19H16N6O2. The van der Waals surface area contributed by atoms with Crippen LogP contribution >= 0.6 is 0 Å². The third-order valence-corrected chi connectivity index (χ3v) is 4.61. The SMILES string of the molecule is N#Cc1cn(-c2ccc(NC(=O)C3CCC(=O)c4cccn43)cc2)nc1N. The molecule has 0 fully saturated rings. The first-order valence-electron chi connectivity index (χ1n) is 8.43. The molecule has 0 aliphatic carbocycles. The number of anilines is 2. The number of rotatable bonds is 3. The van der Waals surface area contributed by atoms with Crippen LogP contribution in [0.1, 0.15) is 34.9 Å². The number of carbonyl (C=O) groups excluding carboxylic acids is 2. The van der Waals surface area contributed by atoms with E-state index in [9.17, 15) is 9.59 Å². The number of nitriles is 1. The van der Waals surface area contributed by atoms with E-state index in [0.29, 0.717) is 29.8 Å². The van der Waals surface area contributed by atoms with Gasteiger partial charge in [-0.25, -0.2) is 4.68 Å². The van der Waals surface area contributed by atoms with Crippen LogP contribution in [0.15, 0.2) is 48.8 Å². The lowest BCUT2D eigenvalue weighted by atomic mass is 10.0. The van der Waals surface area contributed by atoms with E-state index in [4.69, 9.17) is 11.0 Å². The van der Waals surface area contributed by atoms with Gasteiger partial charge in [-0.2, -0.15) is 5.26 Å². The second kappa shape index (κ2) is 6.46. The summed E-state index contributed by atoms with van der Waals surface area (Å²) in [5, 5.41) is 15.9. The molecule has 1 aliphatic heterocycles. The lowest BCUT2D eigenvalue weighted by Gasteiger charge is -2.24. The average molecular weight is 360 g/mol. The Balaban J connectivity index is 1.51. The molecule has 2 aromatic heterocycles. The Kier molecular flexibility index (Phi) is 3.97. The smallest absolute Gasteiger partial charge is 0.247 e. The van der Waals surface area contributed by atoms with Gasteiger partial charge in [0, 0.05) is 18.3 Å². The van der Waals surface area contributed by atoms with Crippen LogP contribution in [0, 0.1) is 11.3 Å². The van der Waals surface area contributed by atoms with E-state index in [0.717, 1.165) is 5.69 Å². The fourth-order valence-electron chi connectivity index (χ4n) is 3.22. The standard InChI is InChI=1S/C19H16N6O2/c20-10-12-11-25(23-18(12)21)14-5-3-13(4-6-14)22-19(27)16-7-8-17(26)15-2-1-9-24(15)16/h1-6,9,11,16H,7-8H2,(H2,21,23)(H,22,27). The second-order valence-corrected chi connectivity index (χ2v) is 6.30. The van der Waals surface area contributed by atoms with E-state index in [1.54, 1.807) is 53.4 Å². The summed E-state index contributed by atoms with van der Waals surface area (Å²) >= 11 is 0. The van der Waals surface area contributed by atoms with Gasteiger partial charge < -0.3 is 15.6 Å². The Morgan fingerprint density at radius 3 is 2.78 bits per heavy atom. The van der Waals surface area contributed by atoms with E-state index in [-0.39, 0.29) is 17.5 Å². The van der Waals surface area contributed by atoms with Crippen molar-refractivity contribution in [2.24, 2.45) is 0 Å². The third kappa shape index (κ3) is 2.95.